The number of nitrogens with zero attached hydrogens (tertiary/aromatic N) is 3. The Morgan fingerprint density at radius 1 is 1.23 bits per heavy atom. The van der Waals surface area contributed by atoms with E-state index in [2.05, 4.69) is 6.92 Å². The first-order chi connectivity index (χ1) is 12.7. The van der Waals surface area contributed by atoms with Crippen molar-refractivity contribution in [2.75, 3.05) is 18.8 Å². The van der Waals surface area contributed by atoms with Gasteiger partial charge in [0, 0.05) is 29.3 Å². The molecule has 0 bridgehead atoms. The van der Waals surface area contributed by atoms with Crippen LogP contribution in [0.15, 0.2) is 5.03 Å². The molecule has 0 aromatic carbocycles. The number of carbonyl (C=O) groups excluding carboxylic acids is 1. The summed E-state index contributed by atoms with van der Waals surface area (Å²) in [5.41, 5.74) is 1.47. The molecule has 1 saturated carbocycles. The largest absolute Gasteiger partial charge is 0.342 e. The van der Waals surface area contributed by atoms with Crippen molar-refractivity contribution in [1.29, 1.82) is 0 Å². The number of rotatable bonds is 4. The molecular weight excluding hydrogens is 362 g/mol. The number of hydrogen-bond acceptors (Lipinski definition) is 5. The second-order valence-corrected chi connectivity index (χ2v) is 10.1. The summed E-state index contributed by atoms with van der Waals surface area (Å²) in [6, 6.07) is 0. The van der Waals surface area contributed by atoms with Crippen LogP contribution in [0.4, 0.5) is 0 Å². The van der Waals surface area contributed by atoms with Crippen molar-refractivity contribution in [1.82, 2.24) is 14.9 Å². The number of thioether (sulfide) groups is 1. The zero-order chi connectivity index (χ0) is 17.7. The zero-order valence-corrected chi connectivity index (χ0v) is 16.9. The Hall–Kier alpha value is -1.14. The molecule has 3 heterocycles. The van der Waals surface area contributed by atoms with Crippen molar-refractivity contribution in [3.63, 3.8) is 0 Å². The first kappa shape index (κ1) is 17.0. The van der Waals surface area contributed by atoms with Gasteiger partial charge in [0.2, 0.25) is 5.91 Å². The van der Waals surface area contributed by atoms with Crippen LogP contribution in [0.5, 0.6) is 0 Å². The summed E-state index contributed by atoms with van der Waals surface area (Å²) in [5, 5.41) is 2.33. The topological polar surface area (TPSA) is 46.1 Å². The maximum atomic E-state index is 12.5. The van der Waals surface area contributed by atoms with Gasteiger partial charge in [0.15, 0.2) is 0 Å². The van der Waals surface area contributed by atoms with Crippen LogP contribution in [0.25, 0.3) is 10.2 Å². The molecule has 6 heteroatoms. The maximum absolute atomic E-state index is 12.5. The lowest BCUT2D eigenvalue weighted by Crippen LogP contribution is -2.29. The van der Waals surface area contributed by atoms with Gasteiger partial charge >= 0.3 is 0 Å². The fraction of sp³-hybridized carbons (Fsp3) is 0.650. The van der Waals surface area contributed by atoms with Crippen molar-refractivity contribution in [2.24, 2.45) is 5.92 Å². The fourth-order valence-corrected chi connectivity index (χ4v) is 6.56. The molecule has 2 aliphatic carbocycles. The molecule has 0 N–H and O–H groups in total. The number of carbonyl (C=O) groups is 1. The van der Waals surface area contributed by atoms with E-state index in [0.29, 0.717) is 11.7 Å². The maximum Gasteiger partial charge on any atom is 0.232 e. The molecule has 26 heavy (non-hydrogen) atoms. The molecule has 4 nitrogen and oxygen atoms in total. The lowest BCUT2D eigenvalue weighted by atomic mass is 9.89. The highest BCUT2D eigenvalue weighted by Crippen LogP contribution is 2.44. The second kappa shape index (κ2) is 6.79. The molecule has 1 atom stereocenters. The molecule has 0 unspecified atom stereocenters. The SMILES string of the molecule is C[C@H]1CCc2c(sc3nc(C4CC4)nc(SCC(=O)N4CCCC4)c23)C1. The summed E-state index contributed by atoms with van der Waals surface area (Å²) in [4.78, 5) is 27.1. The van der Waals surface area contributed by atoms with Crippen LogP contribution in [0.1, 0.15) is 61.2 Å². The Morgan fingerprint density at radius 3 is 2.81 bits per heavy atom. The van der Waals surface area contributed by atoms with Crippen LogP contribution in [0.2, 0.25) is 0 Å². The molecule has 2 aromatic heterocycles. The van der Waals surface area contributed by atoms with Gasteiger partial charge in [-0.2, -0.15) is 0 Å². The number of hydrogen-bond donors (Lipinski definition) is 0. The van der Waals surface area contributed by atoms with Crippen LogP contribution >= 0.6 is 23.1 Å². The molecule has 0 radical (unpaired) electrons. The van der Waals surface area contributed by atoms with Gasteiger partial charge in [-0.15, -0.1) is 11.3 Å². The lowest BCUT2D eigenvalue weighted by Gasteiger charge is -2.18. The first-order valence-corrected chi connectivity index (χ1v) is 11.7. The Kier molecular flexibility index (Phi) is 4.44. The van der Waals surface area contributed by atoms with E-state index in [1.165, 1.54) is 41.5 Å². The van der Waals surface area contributed by atoms with Crippen molar-refractivity contribution < 1.29 is 4.79 Å². The van der Waals surface area contributed by atoms with E-state index in [4.69, 9.17) is 9.97 Å². The van der Waals surface area contributed by atoms with E-state index >= 15 is 0 Å². The standard InChI is InChI=1S/C20H25N3OS2/c1-12-4-7-14-15(10-12)26-20-17(14)19(21-18(22-20)13-5-6-13)25-11-16(24)23-8-2-3-9-23/h12-13H,2-11H2,1H3/t12-/m0/s1. The van der Waals surface area contributed by atoms with Crippen molar-refractivity contribution in [3.8, 4) is 0 Å². The summed E-state index contributed by atoms with van der Waals surface area (Å²) in [6.07, 6.45) is 8.28. The van der Waals surface area contributed by atoms with Crippen LogP contribution in [0.3, 0.4) is 0 Å². The quantitative estimate of drug-likeness (QED) is 0.576. The molecule has 1 amide bonds. The van der Waals surface area contributed by atoms with Crippen molar-refractivity contribution in [3.05, 3.63) is 16.3 Å². The molecular formula is C20H25N3OS2. The van der Waals surface area contributed by atoms with Gasteiger partial charge in [0.05, 0.1) is 5.75 Å². The predicted molar refractivity (Wildman–Crippen MR) is 107 cm³/mol. The van der Waals surface area contributed by atoms with E-state index in [1.807, 2.05) is 16.2 Å². The molecule has 2 fully saturated rings. The van der Waals surface area contributed by atoms with Gasteiger partial charge in [-0.3, -0.25) is 4.79 Å². The highest BCUT2D eigenvalue weighted by atomic mass is 32.2. The van der Waals surface area contributed by atoms with Gasteiger partial charge in [-0.25, -0.2) is 9.97 Å². The van der Waals surface area contributed by atoms with E-state index in [1.54, 1.807) is 11.8 Å². The van der Waals surface area contributed by atoms with Gasteiger partial charge in [-0.1, -0.05) is 18.7 Å². The van der Waals surface area contributed by atoms with Gasteiger partial charge in [0.25, 0.3) is 0 Å². The number of likely N-dealkylation sites (tertiary alicyclic amines) is 1. The average Bonchev–Trinajstić information content (AvgIpc) is 3.21. The van der Waals surface area contributed by atoms with E-state index in [-0.39, 0.29) is 5.91 Å². The predicted octanol–water partition coefficient (Wildman–Crippen LogP) is 4.41. The molecule has 0 spiro atoms. The number of fused-ring (bicyclic) bond motifs is 3. The van der Waals surface area contributed by atoms with E-state index in [0.717, 1.165) is 54.0 Å². The normalized spacial score (nSPS) is 22.8. The lowest BCUT2D eigenvalue weighted by molar-refractivity contribution is -0.127. The summed E-state index contributed by atoms with van der Waals surface area (Å²) in [6.45, 7) is 4.20. The molecule has 3 aliphatic rings. The Morgan fingerprint density at radius 2 is 2.04 bits per heavy atom. The third-order valence-electron chi connectivity index (χ3n) is 5.87. The summed E-state index contributed by atoms with van der Waals surface area (Å²) >= 11 is 3.52. The number of thiophene rings is 1. The summed E-state index contributed by atoms with van der Waals surface area (Å²) < 4.78 is 0. The Balaban J connectivity index is 1.48. The van der Waals surface area contributed by atoms with Crippen LogP contribution in [-0.4, -0.2) is 39.6 Å². The minimum atomic E-state index is 0.268. The van der Waals surface area contributed by atoms with Gasteiger partial charge in [0.1, 0.15) is 15.7 Å². The molecule has 5 rings (SSSR count). The summed E-state index contributed by atoms with van der Waals surface area (Å²) in [5.74, 6) is 3.10. The smallest absolute Gasteiger partial charge is 0.232 e. The zero-order valence-electron chi connectivity index (χ0n) is 15.3. The Bertz CT molecular complexity index is 852. The second-order valence-electron chi connectivity index (χ2n) is 8.07. The fourth-order valence-electron chi connectivity index (χ4n) is 4.14. The number of aryl methyl sites for hydroxylation is 1. The minimum absolute atomic E-state index is 0.268. The molecule has 1 aliphatic heterocycles. The van der Waals surface area contributed by atoms with Gasteiger partial charge in [-0.05, 0) is 56.4 Å². The van der Waals surface area contributed by atoms with Crippen LogP contribution < -0.4 is 0 Å². The van der Waals surface area contributed by atoms with Crippen LogP contribution in [0, 0.1) is 5.92 Å². The number of amides is 1. The average molecular weight is 388 g/mol. The van der Waals surface area contributed by atoms with Crippen molar-refractivity contribution in [2.45, 2.75) is 62.8 Å². The molecule has 1 saturated heterocycles. The van der Waals surface area contributed by atoms with Gasteiger partial charge < -0.3 is 4.90 Å². The third kappa shape index (κ3) is 3.15. The number of aromatic nitrogens is 2. The minimum Gasteiger partial charge on any atom is -0.342 e. The monoisotopic (exact) mass is 387 g/mol. The van der Waals surface area contributed by atoms with E-state index < -0.39 is 0 Å². The van der Waals surface area contributed by atoms with Crippen LogP contribution in [-0.2, 0) is 17.6 Å². The summed E-state index contributed by atoms with van der Waals surface area (Å²) in [7, 11) is 0. The molecule has 138 valence electrons. The van der Waals surface area contributed by atoms with E-state index in [9.17, 15) is 4.79 Å². The van der Waals surface area contributed by atoms with Crippen molar-refractivity contribution >= 4 is 39.2 Å². The Labute approximate surface area is 162 Å². The molecule has 2 aromatic rings. The third-order valence-corrected chi connectivity index (χ3v) is 7.98. The highest BCUT2D eigenvalue weighted by molar-refractivity contribution is 8.00. The highest BCUT2D eigenvalue weighted by Gasteiger charge is 2.30. The first-order valence-electron chi connectivity index (χ1n) is 9.92.